The summed E-state index contributed by atoms with van der Waals surface area (Å²) >= 11 is 0. The summed E-state index contributed by atoms with van der Waals surface area (Å²) in [6.45, 7) is 4.23. The highest BCUT2D eigenvalue weighted by Gasteiger charge is 2.37. The Morgan fingerprint density at radius 2 is 1.95 bits per heavy atom. The van der Waals surface area contributed by atoms with Crippen molar-refractivity contribution in [1.29, 1.82) is 0 Å². The van der Waals surface area contributed by atoms with Crippen molar-refractivity contribution in [2.45, 2.75) is 20.3 Å². The minimum atomic E-state index is -3.70. The number of hydrogen-bond acceptors (Lipinski definition) is 3. The molecule has 1 aliphatic heterocycles. The number of carboxylic acid groups (broad SMARTS) is 1. The van der Waals surface area contributed by atoms with Crippen LogP contribution in [0, 0.1) is 5.92 Å². The zero-order valence-corrected chi connectivity index (χ0v) is 13.0. The number of hydrogen-bond donors (Lipinski definition) is 1. The minimum Gasteiger partial charge on any atom is -0.481 e. The number of nitrogens with zero attached hydrogens (tertiary/aromatic N) is 2. The summed E-state index contributed by atoms with van der Waals surface area (Å²) in [5.74, 6) is -1.69. The third-order valence-electron chi connectivity index (χ3n) is 3.77. The van der Waals surface area contributed by atoms with Crippen LogP contribution in [0.5, 0.6) is 0 Å². The van der Waals surface area contributed by atoms with Gasteiger partial charge in [-0.15, -0.1) is 0 Å². The van der Waals surface area contributed by atoms with Gasteiger partial charge in [-0.3, -0.25) is 9.10 Å². The maximum atomic E-state index is 12.7. The van der Waals surface area contributed by atoms with Crippen LogP contribution in [0.25, 0.3) is 0 Å². The number of para-hydroxylation sites is 1. The van der Waals surface area contributed by atoms with Crippen molar-refractivity contribution >= 4 is 21.9 Å². The summed E-state index contributed by atoms with van der Waals surface area (Å²) < 4.78 is 28.1. The number of rotatable bonds is 5. The van der Waals surface area contributed by atoms with Crippen molar-refractivity contribution in [3.8, 4) is 0 Å². The fraction of sp³-hybridized carbons (Fsp3) is 0.500. The van der Waals surface area contributed by atoms with Crippen LogP contribution in [0.15, 0.2) is 24.3 Å². The normalized spacial score (nSPS) is 18.6. The number of aliphatic carboxylic acids is 1. The molecule has 1 aromatic rings. The molecule has 0 aliphatic carbocycles. The molecule has 1 unspecified atom stereocenters. The summed E-state index contributed by atoms with van der Waals surface area (Å²) in [5, 5.41) is 9.27. The van der Waals surface area contributed by atoms with Crippen LogP contribution in [0.2, 0.25) is 0 Å². The summed E-state index contributed by atoms with van der Waals surface area (Å²) in [5.41, 5.74) is 1.34. The van der Waals surface area contributed by atoms with Gasteiger partial charge in [0.1, 0.15) is 0 Å². The average molecular weight is 312 g/mol. The average Bonchev–Trinajstić information content (AvgIpc) is 2.46. The second-order valence-electron chi connectivity index (χ2n) is 4.99. The lowest BCUT2D eigenvalue weighted by Gasteiger charge is -2.36. The molecule has 1 aromatic carbocycles. The van der Waals surface area contributed by atoms with E-state index in [0.717, 1.165) is 5.56 Å². The topological polar surface area (TPSA) is 77.9 Å². The Bertz CT molecular complexity index is 626. The molecule has 0 aromatic heterocycles. The first-order valence-electron chi connectivity index (χ1n) is 7.00. The molecule has 0 amide bonds. The molecule has 0 saturated carbocycles. The third-order valence-corrected chi connectivity index (χ3v) is 5.84. The Morgan fingerprint density at radius 3 is 2.52 bits per heavy atom. The standard InChI is InChI=1S/C14H20N2O4S/c1-3-15(4-2)21(19,20)16-10-12(14(17)18)9-11-7-5-6-8-13(11)16/h5-8,12H,3-4,9-10H2,1-2H3,(H,17,18). The van der Waals surface area contributed by atoms with Gasteiger partial charge < -0.3 is 5.11 Å². The van der Waals surface area contributed by atoms with E-state index in [-0.39, 0.29) is 6.54 Å². The van der Waals surface area contributed by atoms with E-state index in [0.29, 0.717) is 25.2 Å². The number of anilines is 1. The van der Waals surface area contributed by atoms with E-state index in [9.17, 15) is 18.3 Å². The Morgan fingerprint density at radius 1 is 1.33 bits per heavy atom. The van der Waals surface area contributed by atoms with Crippen molar-refractivity contribution in [2.24, 2.45) is 5.92 Å². The van der Waals surface area contributed by atoms with Gasteiger partial charge in [-0.25, -0.2) is 0 Å². The molecule has 7 heteroatoms. The number of benzene rings is 1. The predicted molar refractivity (Wildman–Crippen MR) is 80.5 cm³/mol. The monoisotopic (exact) mass is 312 g/mol. The van der Waals surface area contributed by atoms with Crippen LogP contribution in [-0.2, 0) is 21.4 Å². The van der Waals surface area contributed by atoms with Gasteiger partial charge in [0.25, 0.3) is 0 Å². The van der Waals surface area contributed by atoms with Gasteiger partial charge >= 0.3 is 16.2 Å². The molecular weight excluding hydrogens is 292 g/mol. The van der Waals surface area contributed by atoms with Crippen molar-refractivity contribution in [2.75, 3.05) is 23.9 Å². The molecule has 1 aliphatic rings. The van der Waals surface area contributed by atoms with E-state index in [1.54, 1.807) is 38.1 Å². The lowest BCUT2D eigenvalue weighted by molar-refractivity contribution is -0.141. The number of carbonyl (C=O) groups is 1. The van der Waals surface area contributed by atoms with E-state index < -0.39 is 22.1 Å². The van der Waals surface area contributed by atoms with Crippen molar-refractivity contribution in [1.82, 2.24) is 4.31 Å². The van der Waals surface area contributed by atoms with Gasteiger partial charge in [0.15, 0.2) is 0 Å². The van der Waals surface area contributed by atoms with Crippen molar-refractivity contribution in [3.05, 3.63) is 29.8 Å². The summed E-state index contributed by atoms with van der Waals surface area (Å²) in [6.07, 6.45) is 0.357. The van der Waals surface area contributed by atoms with Gasteiger partial charge in [-0.1, -0.05) is 32.0 Å². The largest absolute Gasteiger partial charge is 0.481 e. The van der Waals surface area contributed by atoms with E-state index in [2.05, 4.69) is 0 Å². The third kappa shape index (κ3) is 2.89. The Kier molecular flexibility index (Phi) is 4.53. The van der Waals surface area contributed by atoms with E-state index >= 15 is 0 Å². The molecule has 6 nitrogen and oxygen atoms in total. The zero-order chi connectivity index (χ0) is 15.6. The van der Waals surface area contributed by atoms with Gasteiger partial charge in [0.05, 0.1) is 11.6 Å². The fourth-order valence-electron chi connectivity index (χ4n) is 2.63. The lowest BCUT2D eigenvalue weighted by atomic mass is 9.94. The van der Waals surface area contributed by atoms with Gasteiger partial charge in [0.2, 0.25) is 0 Å². The molecule has 21 heavy (non-hydrogen) atoms. The summed E-state index contributed by atoms with van der Waals surface area (Å²) in [7, 11) is -3.70. The maximum absolute atomic E-state index is 12.7. The molecule has 1 atom stereocenters. The Balaban J connectivity index is 2.49. The maximum Gasteiger partial charge on any atom is 0.308 e. The predicted octanol–water partition coefficient (Wildman–Crippen LogP) is 1.34. The van der Waals surface area contributed by atoms with Gasteiger partial charge in [-0.2, -0.15) is 12.7 Å². The summed E-state index contributed by atoms with van der Waals surface area (Å²) in [6, 6.07) is 7.08. The first-order valence-corrected chi connectivity index (χ1v) is 8.40. The van der Waals surface area contributed by atoms with E-state index in [1.807, 2.05) is 0 Å². The highest BCUT2D eigenvalue weighted by atomic mass is 32.2. The molecule has 1 N–H and O–H groups in total. The first kappa shape index (κ1) is 15.8. The minimum absolute atomic E-state index is 0.0226. The molecule has 116 valence electrons. The van der Waals surface area contributed by atoms with Crippen molar-refractivity contribution in [3.63, 3.8) is 0 Å². The fourth-order valence-corrected chi connectivity index (χ4v) is 4.35. The molecule has 0 fully saturated rings. The van der Waals surface area contributed by atoms with Crippen molar-refractivity contribution < 1.29 is 18.3 Å². The van der Waals surface area contributed by atoms with Crippen LogP contribution in [0.3, 0.4) is 0 Å². The summed E-state index contributed by atoms with van der Waals surface area (Å²) in [4.78, 5) is 11.3. The molecule has 0 bridgehead atoms. The quantitative estimate of drug-likeness (QED) is 0.890. The highest BCUT2D eigenvalue weighted by molar-refractivity contribution is 7.90. The van der Waals surface area contributed by atoms with Crippen LogP contribution in [0.4, 0.5) is 5.69 Å². The lowest BCUT2D eigenvalue weighted by Crippen LogP contribution is -2.49. The van der Waals surface area contributed by atoms with Crippen LogP contribution in [-0.4, -0.2) is 43.4 Å². The number of fused-ring (bicyclic) bond motifs is 1. The molecule has 0 radical (unpaired) electrons. The Labute approximate surface area is 125 Å². The van der Waals surface area contributed by atoms with Crippen LogP contribution in [0.1, 0.15) is 19.4 Å². The molecule has 0 spiro atoms. The second-order valence-corrected chi connectivity index (χ2v) is 6.84. The molecule has 2 rings (SSSR count). The molecule has 1 heterocycles. The van der Waals surface area contributed by atoms with Gasteiger partial charge in [0, 0.05) is 19.6 Å². The molecule has 0 saturated heterocycles. The highest BCUT2D eigenvalue weighted by Crippen LogP contribution is 2.32. The van der Waals surface area contributed by atoms with Crippen LogP contribution < -0.4 is 4.31 Å². The SMILES string of the molecule is CCN(CC)S(=O)(=O)N1CC(C(=O)O)Cc2ccccc21. The zero-order valence-electron chi connectivity index (χ0n) is 12.2. The number of carboxylic acids is 1. The molecular formula is C14H20N2O4S. The Hall–Kier alpha value is -1.60. The van der Waals surface area contributed by atoms with E-state index in [4.69, 9.17) is 0 Å². The van der Waals surface area contributed by atoms with Crippen LogP contribution >= 0.6 is 0 Å². The van der Waals surface area contributed by atoms with Gasteiger partial charge in [-0.05, 0) is 18.1 Å². The van der Waals surface area contributed by atoms with E-state index in [1.165, 1.54) is 8.61 Å². The smallest absolute Gasteiger partial charge is 0.308 e. The second kappa shape index (κ2) is 6.03. The first-order chi connectivity index (χ1) is 9.91.